The van der Waals surface area contributed by atoms with Crippen LogP contribution in [0.1, 0.15) is 42.6 Å². The number of nitro benzene ring substituents is 1. The molecule has 166 valence electrons. The molecule has 10 nitrogen and oxygen atoms in total. The number of nitrogens with zero attached hydrogens (tertiary/aromatic N) is 5. The molecule has 0 aliphatic carbocycles. The second-order valence-corrected chi connectivity index (χ2v) is 8.07. The van der Waals surface area contributed by atoms with E-state index in [4.69, 9.17) is 9.37 Å². The lowest BCUT2D eigenvalue weighted by molar-refractivity contribution is -0.382. The number of rotatable bonds is 5. The first-order valence-corrected chi connectivity index (χ1v) is 10.8. The lowest BCUT2D eigenvalue weighted by atomic mass is 9.83. The van der Waals surface area contributed by atoms with Crippen LogP contribution in [0, 0.1) is 10.1 Å². The Morgan fingerprint density at radius 3 is 2.53 bits per heavy atom. The standard InChI is InChI=1S/C22H23N5O5/c1-3-25(4-2)17-13-16(18-19(24-32-23-18)20(17)27(29)30)26-11-9-22(10-12-26)15-8-6-5-7-14(15)21(28)31-22/h5-8,13H,3-4,9-12H2,1-2H3. The fourth-order valence-electron chi connectivity index (χ4n) is 4.95. The van der Waals surface area contributed by atoms with Gasteiger partial charge >= 0.3 is 11.7 Å². The highest BCUT2D eigenvalue weighted by molar-refractivity contribution is 6.00. The van der Waals surface area contributed by atoms with Crippen LogP contribution >= 0.6 is 0 Å². The number of hydrogen-bond donors (Lipinski definition) is 0. The maximum absolute atomic E-state index is 12.4. The molecular weight excluding hydrogens is 414 g/mol. The Hall–Kier alpha value is -3.69. The van der Waals surface area contributed by atoms with Crippen LogP contribution in [-0.4, -0.2) is 47.4 Å². The Kier molecular flexibility index (Phi) is 4.72. The van der Waals surface area contributed by atoms with Crippen LogP contribution in [0.25, 0.3) is 11.0 Å². The Morgan fingerprint density at radius 2 is 1.84 bits per heavy atom. The van der Waals surface area contributed by atoms with Crippen molar-refractivity contribution in [2.45, 2.75) is 32.3 Å². The van der Waals surface area contributed by atoms with Crippen LogP contribution in [0.15, 0.2) is 35.0 Å². The first-order chi connectivity index (χ1) is 15.5. The number of benzene rings is 2. The van der Waals surface area contributed by atoms with Crippen molar-refractivity contribution in [1.82, 2.24) is 10.3 Å². The second kappa shape index (κ2) is 7.47. The number of esters is 1. The summed E-state index contributed by atoms with van der Waals surface area (Å²) in [6.07, 6.45) is 1.22. The number of carbonyl (C=O) groups is 1. The van der Waals surface area contributed by atoms with Crippen molar-refractivity contribution in [1.29, 1.82) is 0 Å². The topological polar surface area (TPSA) is 115 Å². The minimum absolute atomic E-state index is 0.0965. The molecule has 10 heteroatoms. The van der Waals surface area contributed by atoms with Gasteiger partial charge in [-0.1, -0.05) is 18.2 Å². The third kappa shape index (κ3) is 2.89. The summed E-state index contributed by atoms with van der Waals surface area (Å²) in [7, 11) is 0. The molecule has 3 heterocycles. The highest BCUT2D eigenvalue weighted by Gasteiger charge is 2.47. The Balaban J connectivity index is 1.53. The van der Waals surface area contributed by atoms with E-state index >= 15 is 0 Å². The minimum Gasteiger partial charge on any atom is -0.450 e. The van der Waals surface area contributed by atoms with Crippen LogP contribution < -0.4 is 9.80 Å². The van der Waals surface area contributed by atoms with E-state index in [2.05, 4.69) is 15.2 Å². The third-order valence-electron chi connectivity index (χ3n) is 6.60. The molecule has 2 aliphatic rings. The van der Waals surface area contributed by atoms with Gasteiger partial charge in [-0.15, -0.1) is 0 Å². The smallest absolute Gasteiger partial charge is 0.339 e. The van der Waals surface area contributed by atoms with Gasteiger partial charge in [0, 0.05) is 44.6 Å². The zero-order valence-electron chi connectivity index (χ0n) is 17.9. The van der Waals surface area contributed by atoms with Gasteiger partial charge in [-0.05, 0) is 36.3 Å². The Labute approximate surface area is 183 Å². The fraction of sp³-hybridized carbons (Fsp3) is 0.409. The van der Waals surface area contributed by atoms with Crippen molar-refractivity contribution >= 4 is 34.1 Å². The van der Waals surface area contributed by atoms with E-state index in [0.717, 1.165) is 11.3 Å². The van der Waals surface area contributed by atoms with E-state index in [1.165, 1.54) is 0 Å². The molecule has 5 rings (SSSR count). The molecule has 2 aliphatic heterocycles. The number of fused-ring (bicyclic) bond motifs is 3. The molecule has 1 saturated heterocycles. The maximum Gasteiger partial charge on any atom is 0.339 e. The van der Waals surface area contributed by atoms with Gasteiger partial charge < -0.3 is 14.5 Å². The number of carbonyl (C=O) groups excluding carboxylic acids is 1. The van der Waals surface area contributed by atoms with Gasteiger partial charge in [0.15, 0.2) is 5.52 Å². The van der Waals surface area contributed by atoms with Crippen LogP contribution in [0.3, 0.4) is 0 Å². The summed E-state index contributed by atoms with van der Waals surface area (Å²) in [5.41, 5.74) is 2.58. The van der Waals surface area contributed by atoms with Gasteiger partial charge in [0.1, 0.15) is 11.3 Å². The van der Waals surface area contributed by atoms with Gasteiger partial charge in [0.05, 0.1) is 16.2 Å². The Bertz CT molecular complexity index is 1210. The molecule has 0 N–H and O–H groups in total. The van der Waals surface area contributed by atoms with E-state index in [-0.39, 0.29) is 17.2 Å². The van der Waals surface area contributed by atoms with Crippen molar-refractivity contribution in [3.05, 3.63) is 51.6 Å². The molecule has 1 fully saturated rings. The first kappa shape index (κ1) is 20.2. The van der Waals surface area contributed by atoms with Crippen molar-refractivity contribution in [3.8, 4) is 0 Å². The summed E-state index contributed by atoms with van der Waals surface area (Å²) in [6.45, 7) is 6.33. The summed E-state index contributed by atoms with van der Waals surface area (Å²) >= 11 is 0. The number of anilines is 2. The lowest BCUT2D eigenvalue weighted by Gasteiger charge is -2.39. The predicted octanol–water partition coefficient (Wildman–Crippen LogP) is 3.64. The number of aromatic nitrogens is 2. The summed E-state index contributed by atoms with van der Waals surface area (Å²) in [6, 6.07) is 9.33. The van der Waals surface area contributed by atoms with Gasteiger partial charge in [0.25, 0.3) is 0 Å². The van der Waals surface area contributed by atoms with Crippen LogP contribution in [0.5, 0.6) is 0 Å². The van der Waals surface area contributed by atoms with Crippen LogP contribution in [0.4, 0.5) is 17.1 Å². The third-order valence-corrected chi connectivity index (χ3v) is 6.60. The van der Waals surface area contributed by atoms with E-state index in [0.29, 0.717) is 55.8 Å². The normalized spacial score (nSPS) is 16.9. The molecule has 1 spiro atoms. The van der Waals surface area contributed by atoms with E-state index in [1.54, 1.807) is 6.07 Å². The number of piperidine rings is 1. The van der Waals surface area contributed by atoms with Crippen LogP contribution in [-0.2, 0) is 10.3 Å². The highest BCUT2D eigenvalue weighted by atomic mass is 16.6. The summed E-state index contributed by atoms with van der Waals surface area (Å²) in [5.74, 6) is -0.281. The first-order valence-electron chi connectivity index (χ1n) is 10.8. The summed E-state index contributed by atoms with van der Waals surface area (Å²) < 4.78 is 10.8. The van der Waals surface area contributed by atoms with Gasteiger partial charge in [-0.25, -0.2) is 9.42 Å². The molecule has 3 aromatic rings. The van der Waals surface area contributed by atoms with Gasteiger partial charge in [-0.2, -0.15) is 0 Å². The lowest BCUT2D eigenvalue weighted by Crippen LogP contribution is -2.43. The molecule has 0 amide bonds. The predicted molar refractivity (Wildman–Crippen MR) is 117 cm³/mol. The molecular formula is C22H23N5O5. The zero-order chi connectivity index (χ0) is 22.5. The quantitative estimate of drug-likeness (QED) is 0.335. The number of hydrogen-bond acceptors (Lipinski definition) is 9. The Morgan fingerprint density at radius 1 is 1.16 bits per heavy atom. The zero-order valence-corrected chi connectivity index (χ0v) is 17.9. The molecule has 0 radical (unpaired) electrons. The molecule has 0 atom stereocenters. The van der Waals surface area contributed by atoms with E-state index in [9.17, 15) is 14.9 Å². The van der Waals surface area contributed by atoms with Gasteiger partial charge in [-0.3, -0.25) is 10.1 Å². The largest absolute Gasteiger partial charge is 0.450 e. The fourth-order valence-corrected chi connectivity index (χ4v) is 4.95. The second-order valence-electron chi connectivity index (χ2n) is 8.07. The molecule has 1 aromatic heterocycles. The van der Waals surface area contributed by atoms with E-state index in [1.807, 2.05) is 43.0 Å². The number of ether oxygens (including phenoxy) is 1. The molecule has 0 saturated carbocycles. The average Bonchev–Trinajstić information content (AvgIpc) is 3.38. The summed E-state index contributed by atoms with van der Waals surface area (Å²) in [4.78, 5) is 27.9. The minimum atomic E-state index is -0.631. The number of nitro groups is 1. The SMILES string of the molecule is CCN(CC)c1cc(N2CCC3(CC2)OC(=O)c2ccccc23)c2nonc2c1[N+](=O)[O-]. The van der Waals surface area contributed by atoms with Crippen molar-refractivity contribution < 1.29 is 19.1 Å². The van der Waals surface area contributed by atoms with Crippen LogP contribution in [0.2, 0.25) is 0 Å². The average molecular weight is 437 g/mol. The monoisotopic (exact) mass is 437 g/mol. The summed E-state index contributed by atoms with van der Waals surface area (Å²) in [5, 5.41) is 19.7. The van der Waals surface area contributed by atoms with Crippen molar-refractivity contribution in [3.63, 3.8) is 0 Å². The molecule has 2 aromatic carbocycles. The van der Waals surface area contributed by atoms with Gasteiger partial charge in [0.2, 0.25) is 5.52 Å². The highest BCUT2D eigenvalue weighted by Crippen LogP contribution is 2.46. The molecule has 0 unspecified atom stereocenters. The van der Waals surface area contributed by atoms with Crippen molar-refractivity contribution in [2.75, 3.05) is 36.0 Å². The molecule has 0 bridgehead atoms. The van der Waals surface area contributed by atoms with Crippen molar-refractivity contribution in [2.24, 2.45) is 0 Å². The van der Waals surface area contributed by atoms with E-state index < -0.39 is 10.5 Å². The molecule has 32 heavy (non-hydrogen) atoms. The maximum atomic E-state index is 12.4.